The molecule has 2 saturated heterocycles. The van der Waals surface area contributed by atoms with Crippen LogP contribution >= 0.6 is 34.0 Å². The van der Waals surface area contributed by atoms with Crippen molar-refractivity contribution in [3.05, 3.63) is 156 Å². The molecule has 11 heterocycles. The molecule has 32 nitrogen and oxygen atoms in total. The number of hydrogen-bond acceptors (Lipinski definition) is 27. The molecule has 3 aromatic carbocycles. The molecule has 12 aromatic rings. The first kappa shape index (κ1) is 79.0. The number of nitrogens with one attached hydrogen (secondary N) is 8. The number of aromatic nitrogens is 13. The van der Waals surface area contributed by atoms with Gasteiger partial charge in [0.2, 0.25) is 0 Å². The average Bonchev–Trinajstić information content (AvgIpc) is 1.70. The molecule has 0 aliphatic carbocycles. The quantitative estimate of drug-likeness (QED) is 0.0339. The van der Waals surface area contributed by atoms with Crippen LogP contribution in [0.15, 0.2) is 133 Å². The van der Waals surface area contributed by atoms with Crippen molar-refractivity contribution in [2.75, 3.05) is 114 Å². The van der Waals surface area contributed by atoms with Crippen molar-refractivity contribution in [3.63, 3.8) is 0 Å². The number of carbonyl (C=O) groups is 4. The van der Waals surface area contributed by atoms with Crippen molar-refractivity contribution in [2.45, 2.75) is 72.7 Å². The van der Waals surface area contributed by atoms with Gasteiger partial charge in [0, 0.05) is 173 Å². The van der Waals surface area contributed by atoms with E-state index in [0.29, 0.717) is 88.1 Å². The maximum absolute atomic E-state index is 12.8. The van der Waals surface area contributed by atoms with Crippen molar-refractivity contribution in [2.24, 2.45) is 0 Å². The molecule has 1 unspecified atom stereocenters. The minimum Gasteiger partial charge on any atom is -0.435 e. The first-order valence-corrected chi connectivity index (χ1v) is 38.4. The fraction of sp³-hybridized carbons (Fsp3) is 0.329. The molecule has 0 spiro atoms. The van der Waals surface area contributed by atoms with Crippen molar-refractivity contribution < 1.29 is 38.9 Å². The number of carbonyl (C=O) groups excluding carboxylic acids is 4. The van der Waals surface area contributed by atoms with E-state index in [4.69, 9.17) is 14.5 Å². The van der Waals surface area contributed by atoms with Crippen LogP contribution in [0.5, 0.6) is 0 Å². The third kappa shape index (κ3) is 20.3. The predicted molar refractivity (Wildman–Crippen MR) is 431 cm³/mol. The van der Waals surface area contributed by atoms with Gasteiger partial charge in [-0.3, -0.25) is 30.6 Å². The highest BCUT2D eigenvalue weighted by Gasteiger charge is 2.33. The number of aromatic amines is 1. The summed E-state index contributed by atoms with van der Waals surface area (Å²) in [4.78, 5) is 124. The topological polar surface area (TPSA) is 409 Å². The Labute approximate surface area is 650 Å². The fourth-order valence-corrected chi connectivity index (χ4v) is 14.6. The zero-order chi connectivity index (χ0) is 78.3. The number of anilines is 4. The summed E-state index contributed by atoms with van der Waals surface area (Å²) >= 11 is 4.07. The lowest BCUT2D eigenvalue weighted by Gasteiger charge is -2.34. The Bertz CT molecular complexity index is 5300. The Hall–Kier alpha value is -11.6. The second-order valence-corrected chi connectivity index (χ2v) is 29.7. The molecular formula is C76H85N23O9S3. The summed E-state index contributed by atoms with van der Waals surface area (Å²) in [5.41, 5.74) is 8.36. The smallest absolute Gasteiger partial charge is 0.410 e. The van der Waals surface area contributed by atoms with Gasteiger partial charge < -0.3 is 55.7 Å². The number of nitrogens with zero attached hydrogens (tertiary/aromatic N) is 15. The highest BCUT2D eigenvalue weighted by Crippen LogP contribution is 2.42. The van der Waals surface area contributed by atoms with Crippen LogP contribution < -0.4 is 42.6 Å². The third-order valence-corrected chi connectivity index (χ3v) is 20.5. The van der Waals surface area contributed by atoms with E-state index >= 15 is 0 Å². The zero-order valence-corrected chi connectivity index (χ0v) is 65.0. The maximum Gasteiger partial charge on any atom is 0.410 e. The molecule has 14 rings (SSSR count). The number of rotatable bonds is 20. The summed E-state index contributed by atoms with van der Waals surface area (Å²) in [7, 11) is 2.04. The lowest BCUT2D eigenvalue weighted by molar-refractivity contribution is -0.00150. The molecule has 9 aromatic heterocycles. The van der Waals surface area contributed by atoms with Gasteiger partial charge in [0.05, 0.1) is 55.3 Å². The molecular weight excluding hydrogens is 1480 g/mol. The first-order valence-electron chi connectivity index (χ1n) is 36.0. The van der Waals surface area contributed by atoms with E-state index in [1.807, 2.05) is 88.5 Å². The number of piperazine rings is 1. The Morgan fingerprint density at radius 3 is 1.59 bits per heavy atom. The van der Waals surface area contributed by atoms with Gasteiger partial charge in [-0.05, 0) is 134 Å². The molecule has 0 saturated carbocycles. The van der Waals surface area contributed by atoms with E-state index in [2.05, 4.69) is 107 Å². The number of hydrogen-bond donors (Lipinski definition) is 10. The number of likely N-dealkylation sites (N-methyl/N-ethyl adjacent to an activating group) is 1. The largest absolute Gasteiger partial charge is 0.435 e. The van der Waals surface area contributed by atoms with Crippen LogP contribution in [0.2, 0.25) is 0 Å². The molecule has 7 amide bonds. The lowest BCUT2D eigenvalue weighted by Crippen LogP contribution is -2.48. The van der Waals surface area contributed by atoms with Gasteiger partial charge in [-0.2, -0.15) is 0 Å². The number of aliphatic hydroxyl groups is 2. The molecule has 2 aliphatic heterocycles. The lowest BCUT2D eigenvalue weighted by atomic mass is 10.0. The maximum atomic E-state index is 12.8. The van der Waals surface area contributed by atoms with Crippen molar-refractivity contribution >= 4 is 110 Å². The number of amides is 7. The normalized spacial score (nSPS) is 13.6. The molecule has 576 valence electrons. The van der Waals surface area contributed by atoms with Gasteiger partial charge in [-0.1, -0.05) is 40.1 Å². The monoisotopic (exact) mass is 1560 g/mol. The Kier molecular flexibility index (Phi) is 25.5. The van der Waals surface area contributed by atoms with Crippen molar-refractivity contribution in [3.8, 4) is 67.3 Å². The number of thiazole rings is 3. The number of ether oxygens (including phenoxy) is 2. The van der Waals surface area contributed by atoms with E-state index in [-0.39, 0.29) is 29.6 Å². The van der Waals surface area contributed by atoms with Gasteiger partial charge in [0.1, 0.15) is 17.5 Å². The van der Waals surface area contributed by atoms with Crippen LogP contribution in [0.1, 0.15) is 79.0 Å². The van der Waals surface area contributed by atoms with Crippen LogP contribution in [0, 0.1) is 0 Å². The summed E-state index contributed by atoms with van der Waals surface area (Å²) in [5.74, 6) is 2.33. The molecule has 111 heavy (non-hydrogen) atoms. The SMILES string of the molecule is CCNC(=O)Nc1nc2cc(-c3cnc(C(C)(C)O)nc3)cc(-c3nccc(NCCN4CCOCC4)n3)c2s1.CCNC(=O)Nc1nc2cc(-c3cnc(C(C)(C)OC(=O)N4CCN(C)CC4)nc3)cc(-c3ccccn3)c2s1.CCNC(=O)Nc1nc2cc(-c3cnc(C(C)O)nc3)cc(-c3cc(=O)cc[nH]3)c2s1. The zero-order valence-electron chi connectivity index (χ0n) is 62.6. The van der Waals surface area contributed by atoms with Crippen LogP contribution in [0.25, 0.3) is 97.9 Å². The molecule has 0 radical (unpaired) electrons. The minimum absolute atomic E-state index is 0.123. The second kappa shape index (κ2) is 35.9. The fourth-order valence-electron chi connectivity index (χ4n) is 11.7. The number of H-pyrrole nitrogens is 1. The number of aliphatic hydroxyl groups excluding tert-OH is 1. The van der Waals surface area contributed by atoms with Crippen LogP contribution in [0.3, 0.4) is 0 Å². The summed E-state index contributed by atoms with van der Waals surface area (Å²) < 4.78 is 13.8. The number of fused-ring (bicyclic) bond motifs is 3. The Morgan fingerprint density at radius 1 is 0.586 bits per heavy atom. The predicted octanol–water partition coefficient (Wildman–Crippen LogP) is 11.2. The van der Waals surface area contributed by atoms with E-state index in [1.54, 1.807) is 95.3 Å². The number of pyridine rings is 2. The number of morpholine rings is 1. The van der Waals surface area contributed by atoms with E-state index < -0.39 is 17.3 Å². The van der Waals surface area contributed by atoms with Crippen LogP contribution in [-0.4, -0.2) is 206 Å². The van der Waals surface area contributed by atoms with Crippen LogP contribution in [0.4, 0.5) is 40.4 Å². The van der Waals surface area contributed by atoms with Crippen molar-refractivity contribution in [1.29, 1.82) is 0 Å². The highest BCUT2D eigenvalue weighted by atomic mass is 32.1. The van der Waals surface area contributed by atoms with Gasteiger partial charge in [-0.15, -0.1) is 0 Å². The van der Waals surface area contributed by atoms with Gasteiger partial charge in [-0.25, -0.2) is 74.0 Å². The van der Waals surface area contributed by atoms with Crippen LogP contribution in [-0.2, 0) is 20.7 Å². The van der Waals surface area contributed by atoms with E-state index in [0.717, 1.165) is 134 Å². The summed E-state index contributed by atoms with van der Waals surface area (Å²) in [6, 6.07) is 21.2. The molecule has 2 aliphatic rings. The van der Waals surface area contributed by atoms with Gasteiger partial charge in [0.25, 0.3) is 0 Å². The molecule has 35 heteroatoms. The number of urea groups is 3. The molecule has 2 fully saturated rings. The Balaban J connectivity index is 0.000000156. The summed E-state index contributed by atoms with van der Waals surface area (Å²) in [6.07, 6.45) is 14.0. The van der Waals surface area contributed by atoms with Gasteiger partial charge >= 0.3 is 24.2 Å². The summed E-state index contributed by atoms with van der Waals surface area (Å²) in [6.45, 7) is 23.5. The first-order chi connectivity index (χ1) is 53.5. The molecule has 10 N–H and O–H groups in total. The van der Waals surface area contributed by atoms with Gasteiger partial charge in [0.15, 0.2) is 49.7 Å². The van der Waals surface area contributed by atoms with E-state index in [9.17, 15) is 34.2 Å². The standard InChI is InChI=1S/C28H32N8O3S.C27H33N9O3S.C21H20N6O3S/c1-5-29-25(37)34-26-33-22-15-18(14-20(23(22)40-26)21-8-6-7-9-30-21)19-16-31-24(32-17-19)28(2,3)39-27(38)36-12-10-35(4)11-13-36;1-4-28-25(37)35-26-33-20-14-17(18-15-31-24(32-16-18)27(2,3)38)13-19(22(20)40-26)23-30-6-5-21(34-23)29-7-8-36-9-11-39-12-10-36;1-3-22-20(30)27-21-26-17-7-12(13-9-24-19(11(2)28)25-10-13)6-15(18(17)31-21)16-8-14(29)4-5-23-16/h6-9,14-17H,5,10-13H2,1-4H3,(H2,29,33,34,37);5-6,13-16,38H,4,7-12H2,1-3H3,(H,29,30,34)(H2,28,33,35,37);4-11,28H,3H2,1-2H3,(H,23,29)(H2,22,26,27,30). The second-order valence-electron chi connectivity index (χ2n) is 26.8. The highest BCUT2D eigenvalue weighted by molar-refractivity contribution is 7.23. The average molecular weight is 1560 g/mol. The summed E-state index contributed by atoms with van der Waals surface area (Å²) in [5, 5.41) is 41.2. The third-order valence-electron chi connectivity index (χ3n) is 17.4. The molecule has 1 atom stereocenters. The Morgan fingerprint density at radius 2 is 1.09 bits per heavy atom. The molecule has 0 bridgehead atoms. The number of benzene rings is 3. The van der Waals surface area contributed by atoms with E-state index in [1.165, 1.54) is 46.1 Å². The van der Waals surface area contributed by atoms with Crippen molar-refractivity contribution in [1.82, 2.24) is 95.4 Å². The minimum atomic E-state index is -1.15.